The molecule has 1 N–H and O–H groups in total. The van der Waals surface area contributed by atoms with E-state index in [-0.39, 0.29) is 6.04 Å². The molecule has 0 radical (unpaired) electrons. The van der Waals surface area contributed by atoms with Gasteiger partial charge < -0.3 is 9.84 Å². The number of thioether (sulfide) groups is 1. The van der Waals surface area contributed by atoms with Gasteiger partial charge in [-0.3, -0.25) is 4.99 Å². The zero-order valence-electron chi connectivity index (χ0n) is 10.8. The van der Waals surface area contributed by atoms with Crippen LogP contribution < -0.4 is 5.32 Å². The highest BCUT2D eigenvalue weighted by Crippen LogP contribution is 2.26. The minimum Gasteiger partial charge on any atom is -0.361 e. The molecule has 0 saturated heterocycles. The lowest BCUT2D eigenvalue weighted by molar-refractivity contribution is 0.391. The highest BCUT2D eigenvalue weighted by Gasteiger charge is 2.22. The maximum Gasteiger partial charge on any atom is 0.157 e. The van der Waals surface area contributed by atoms with E-state index in [0.29, 0.717) is 5.25 Å². The first-order valence-electron chi connectivity index (χ1n) is 6.02. The van der Waals surface area contributed by atoms with Crippen molar-refractivity contribution in [2.24, 2.45) is 4.99 Å². The molecular formula is C12H19N3OS. The molecule has 0 aliphatic carbocycles. The number of nitrogens with one attached hydrogen (secondary N) is 1. The highest BCUT2D eigenvalue weighted by atomic mass is 32.2. The van der Waals surface area contributed by atoms with Crippen molar-refractivity contribution < 1.29 is 4.52 Å². The summed E-state index contributed by atoms with van der Waals surface area (Å²) in [5, 5.41) is 9.10. The molecule has 1 aromatic rings. The fourth-order valence-corrected chi connectivity index (χ4v) is 3.10. The van der Waals surface area contributed by atoms with Gasteiger partial charge in [-0.1, -0.05) is 23.8 Å². The molecule has 2 atom stereocenters. The van der Waals surface area contributed by atoms with Crippen molar-refractivity contribution in [1.82, 2.24) is 10.5 Å². The van der Waals surface area contributed by atoms with Crippen LogP contribution in [0.2, 0.25) is 0 Å². The Morgan fingerprint density at radius 1 is 1.53 bits per heavy atom. The van der Waals surface area contributed by atoms with Crippen LogP contribution in [-0.4, -0.2) is 22.1 Å². The van der Waals surface area contributed by atoms with E-state index in [0.717, 1.165) is 28.7 Å². The second-order valence-electron chi connectivity index (χ2n) is 4.40. The van der Waals surface area contributed by atoms with Gasteiger partial charge in [0.1, 0.15) is 5.76 Å². The van der Waals surface area contributed by atoms with Crippen LogP contribution in [0.25, 0.3) is 0 Å². The molecule has 17 heavy (non-hydrogen) atoms. The minimum absolute atomic E-state index is 0.197. The lowest BCUT2D eigenvalue weighted by Gasteiger charge is -2.14. The summed E-state index contributed by atoms with van der Waals surface area (Å²) in [5.41, 5.74) is 2.10. The molecule has 0 aromatic carbocycles. The van der Waals surface area contributed by atoms with E-state index in [4.69, 9.17) is 4.52 Å². The minimum atomic E-state index is 0.197. The van der Waals surface area contributed by atoms with Crippen LogP contribution in [-0.2, 0) is 0 Å². The van der Waals surface area contributed by atoms with Gasteiger partial charge in [0.2, 0.25) is 0 Å². The maximum atomic E-state index is 5.19. The lowest BCUT2D eigenvalue weighted by Crippen LogP contribution is -2.24. The van der Waals surface area contributed by atoms with Crippen LogP contribution in [0, 0.1) is 13.8 Å². The zero-order chi connectivity index (χ0) is 12.4. The molecule has 94 valence electrons. The molecule has 1 aliphatic heterocycles. The van der Waals surface area contributed by atoms with Crippen LogP contribution in [0.15, 0.2) is 9.52 Å². The Morgan fingerprint density at radius 2 is 2.29 bits per heavy atom. The third-order valence-electron chi connectivity index (χ3n) is 3.03. The largest absolute Gasteiger partial charge is 0.361 e. The number of rotatable bonds is 3. The number of hydrogen-bond acceptors (Lipinski definition) is 5. The Balaban J connectivity index is 2.01. The summed E-state index contributed by atoms with van der Waals surface area (Å²) in [4.78, 5) is 4.51. The molecule has 2 rings (SSSR count). The molecule has 0 amide bonds. The van der Waals surface area contributed by atoms with Gasteiger partial charge in [0.05, 0.1) is 18.3 Å². The fraction of sp³-hybridized carbons (Fsp3) is 0.667. The first-order chi connectivity index (χ1) is 8.11. The molecule has 2 unspecified atom stereocenters. The molecule has 1 aliphatic rings. The summed E-state index contributed by atoms with van der Waals surface area (Å²) in [5.74, 6) is 0.887. The normalized spacial score (nSPS) is 21.4. The van der Waals surface area contributed by atoms with E-state index in [1.54, 1.807) is 0 Å². The van der Waals surface area contributed by atoms with E-state index in [9.17, 15) is 0 Å². The smallest absolute Gasteiger partial charge is 0.157 e. The maximum absolute atomic E-state index is 5.19. The predicted octanol–water partition coefficient (Wildman–Crippen LogP) is 2.82. The highest BCUT2D eigenvalue weighted by molar-refractivity contribution is 8.14. The van der Waals surface area contributed by atoms with E-state index in [1.807, 2.05) is 25.6 Å². The topological polar surface area (TPSA) is 50.4 Å². The van der Waals surface area contributed by atoms with E-state index in [1.165, 1.54) is 6.42 Å². The van der Waals surface area contributed by atoms with Gasteiger partial charge in [-0.2, -0.15) is 0 Å². The van der Waals surface area contributed by atoms with Crippen molar-refractivity contribution in [2.75, 3.05) is 6.54 Å². The summed E-state index contributed by atoms with van der Waals surface area (Å²) in [6, 6.07) is 0.197. The van der Waals surface area contributed by atoms with E-state index in [2.05, 4.69) is 29.3 Å². The average Bonchev–Trinajstić information content (AvgIpc) is 2.86. The summed E-state index contributed by atoms with van der Waals surface area (Å²) in [6.07, 6.45) is 1.17. The summed E-state index contributed by atoms with van der Waals surface area (Å²) >= 11 is 1.84. The van der Waals surface area contributed by atoms with Crippen molar-refractivity contribution in [1.29, 1.82) is 0 Å². The van der Waals surface area contributed by atoms with Gasteiger partial charge in [-0.05, 0) is 27.2 Å². The first kappa shape index (κ1) is 12.5. The molecule has 0 spiro atoms. The van der Waals surface area contributed by atoms with Gasteiger partial charge >= 0.3 is 0 Å². The van der Waals surface area contributed by atoms with Crippen LogP contribution in [0.3, 0.4) is 0 Å². The lowest BCUT2D eigenvalue weighted by atomic mass is 10.1. The predicted molar refractivity (Wildman–Crippen MR) is 71.5 cm³/mol. The van der Waals surface area contributed by atoms with Crippen LogP contribution in [0.4, 0.5) is 0 Å². The van der Waals surface area contributed by atoms with Gasteiger partial charge in [0.25, 0.3) is 0 Å². The van der Waals surface area contributed by atoms with Crippen molar-refractivity contribution in [3.63, 3.8) is 0 Å². The zero-order valence-corrected chi connectivity index (χ0v) is 11.6. The molecule has 2 heterocycles. The molecule has 0 bridgehead atoms. The van der Waals surface area contributed by atoms with Crippen molar-refractivity contribution >= 4 is 16.9 Å². The number of aromatic nitrogens is 1. The monoisotopic (exact) mass is 253 g/mol. The second-order valence-corrected chi connectivity index (χ2v) is 5.69. The Labute approximate surface area is 106 Å². The van der Waals surface area contributed by atoms with Crippen molar-refractivity contribution in [2.45, 2.75) is 45.4 Å². The summed E-state index contributed by atoms with van der Waals surface area (Å²) < 4.78 is 5.19. The number of nitrogens with zero attached hydrogens (tertiary/aromatic N) is 2. The third kappa shape index (κ3) is 2.65. The average molecular weight is 253 g/mol. The fourth-order valence-electron chi connectivity index (χ4n) is 2.07. The first-order valence-corrected chi connectivity index (χ1v) is 6.90. The number of amidine groups is 1. The van der Waals surface area contributed by atoms with Gasteiger partial charge in [0, 0.05) is 10.8 Å². The Hall–Kier alpha value is -0.970. The van der Waals surface area contributed by atoms with Crippen molar-refractivity contribution in [3.05, 3.63) is 17.0 Å². The standard InChI is InChI=1S/C12H19N3OS/c1-5-10-6-13-12(17-10)14-7(2)11-8(3)15-16-9(11)4/h7,10H,5-6H2,1-4H3,(H,13,14). The van der Waals surface area contributed by atoms with Gasteiger partial charge in [-0.15, -0.1) is 0 Å². The molecule has 1 aromatic heterocycles. The van der Waals surface area contributed by atoms with Crippen molar-refractivity contribution in [3.8, 4) is 0 Å². The third-order valence-corrected chi connectivity index (χ3v) is 4.32. The van der Waals surface area contributed by atoms with E-state index >= 15 is 0 Å². The summed E-state index contributed by atoms with van der Waals surface area (Å²) in [7, 11) is 0. The van der Waals surface area contributed by atoms with Crippen LogP contribution in [0.1, 0.15) is 43.3 Å². The number of aryl methyl sites for hydroxylation is 2. The number of aliphatic imine (C=N–C) groups is 1. The van der Waals surface area contributed by atoms with Crippen LogP contribution >= 0.6 is 11.8 Å². The summed E-state index contributed by atoms with van der Waals surface area (Å²) in [6.45, 7) is 9.18. The van der Waals surface area contributed by atoms with Crippen LogP contribution in [0.5, 0.6) is 0 Å². The SMILES string of the molecule is CCC1CN=C(NC(C)c2c(C)noc2C)S1. The van der Waals surface area contributed by atoms with Gasteiger partial charge in [0.15, 0.2) is 5.17 Å². The quantitative estimate of drug-likeness (QED) is 0.900. The Bertz CT molecular complexity index is 408. The van der Waals surface area contributed by atoms with Gasteiger partial charge in [-0.25, -0.2) is 0 Å². The van der Waals surface area contributed by atoms with E-state index < -0.39 is 0 Å². The second kappa shape index (κ2) is 5.12. The molecule has 0 fully saturated rings. The molecular weight excluding hydrogens is 234 g/mol. The molecule has 5 heteroatoms. The molecule has 0 saturated carbocycles. The number of hydrogen-bond donors (Lipinski definition) is 1. The molecule has 4 nitrogen and oxygen atoms in total. The Morgan fingerprint density at radius 3 is 2.82 bits per heavy atom. The Kier molecular flexibility index (Phi) is 3.76.